The molecular weight excluding hydrogens is 501 g/mol. The van der Waals surface area contributed by atoms with Gasteiger partial charge in [0.2, 0.25) is 0 Å². The van der Waals surface area contributed by atoms with Crippen LogP contribution in [0.4, 0.5) is 13.2 Å². The first-order valence-corrected chi connectivity index (χ1v) is 10.7. The van der Waals surface area contributed by atoms with Crippen molar-refractivity contribution < 1.29 is 27.4 Å². The van der Waals surface area contributed by atoms with Gasteiger partial charge in [-0.15, -0.1) is 0 Å². The average Bonchev–Trinajstić information content (AvgIpc) is 2.79. The number of benzene rings is 3. The van der Waals surface area contributed by atoms with Gasteiger partial charge in [0.05, 0.1) is 22.9 Å². The molecule has 0 saturated heterocycles. The van der Waals surface area contributed by atoms with Crippen LogP contribution < -0.4 is 14.9 Å². The Kier molecular flexibility index (Phi) is 8.11. The van der Waals surface area contributed by atoms with Gasteiger partial charge in [-0.3, -0.25) is 4.79 Å². The first-order chi connectivity index (χ1) is 15.8. The Labute approximate surface area is 197 Å². The van der Waals surface area contributed by atoms with Crippen LogP contribution in [0.2, 0.25) is 0 Å². The smallest absolute Gasteiger partial charge is 0.416 e. The lowest BCUT2D eigenvalue weighted by Gasteiger charge is -2.14. The lowest BCUT2D eigenvalue weighted by Crippen LogP contribution is -2.18. The largest absolute Gasteiger partial charge is 0.490 e. The molecule has 172 valence electrons. The Hall–Kier alpha value is -3.33. The van der Waals surface area contributed by atoms with Crippen molar-refractivity contribution in [1.82, 2.24) is 5.43 Å². The van der Waals surface area contributed by atoms with Gasteiger partial charge < -0.3 is 9.47 Å². The van der Waals surface area contributed by atoms with Gasteiger partial charge in [0, 0.05) is 5.56 Å². The highest BCUT2D eigenvalue weighted by Gasteiger charge is 2.30. The van der Waals surface area contributed by atoms with Gasteiger partial charge in [0.15, 0.2) is 11.5 Å². The summed E-state index contributed by atoms with van der Waals surface area (Å²) in [6.45, 7) is 2.59. The minimum atomic E-state index is -4.54. The zero-order valence-corrected chi connectivity index (χ0v) is 19.1. The van der Waals surface area contributed by atoms with E-state index < -0.39 is 17.6 Å². The van der Waals surface area contributed by atoms with Crippen LogP contribution in [0, 0.1) is 0 Å². The quantitative estimate of drug-likeness (QED) is 0.283. The second-order valence-electron chi connectivity index (χ2n) is 6.81. The van der Waals surface area contributed by atoms with Crippen molar-refractivity contribution in [2.24, 2.45) is 5.10 Å². The van der Waals surface area contributed by atoms with E-state index in [2.05, 4.69) is 26.5 Å². The molecule has 3 aromatic carbocycles. The molecule has 0 fully saturated rings. The molecule has 0 heterocycles. The van der Waals surface area contributed by atoms with Crippen LogP contribution in [0.3, 0.4) is 0 Å². The summed E-state index contributed by atoms with van der Waals surface area (Å²) >= 11 is 3.47. The van der Waals surface area contributed by atoms with E-state index in [1.807, 2.05) is 37.3 Å². The van der Waals surface area contributed by atoms with Crippen molar-refractivity contribution >= 4 is 28.1 Å². The van der Waals surface area contributed by atoms with E-state index in [4.69, 9.17) is 9.47 Å². The van der Waals surface area contributed by atoms with Crippen LogP contribution >= 0.6 is 15.9 Å². The summed E-state index contributed by atoms with van der Waals surface area (Å²) in [4.78, 5) is 12.2. The Morgan fingerprint density at radius 1 is 1.06 bits per heavy atom. The molecule has 0 bridgehead atoms. The summed E-state index contributed by atoms with van der Waals surface area (Å²) in [5.74, 6) is 0.239. The van der Waals surface area contributed by atoms with Crippen molar-refractivity contribution in [1.29, 1.82) is 0 Å². The Morgan fingerprint density at radius 3 is 2.52 bits per heavy atom. The fraction of sp³-hybridized carbons (Fsp3) is 0.167. The van der Waals surface area contributed by atoms with Crippen LogP contribution in [-0.2, 0) is 12.8 Å². The number of rotatable bonds is 8. The summed E-state index contributed by atoms with van der Waals surface area (Å²) in [6, 6.07) is 17.2. The summed E-state index contributed by atoms with van der Waals surface area (Å²) < 4.78 is 50.7. The number of amides is 1. The number of hydrogen-bond acceptors (Lipinski definition) is 4. The summed E-state index contributed by atoms with van der Waals surface area (Å²) in [6.07, 6.45) is -3.17. The first-order valence-electron chi connectivity index (χ1n) is 9.91. The van der Waals surface area contributed by atoms with Crippen molar-refractivity contribution in [3.05, 3.63) is 93.5 Å². The van der Waals surface area contributed by atoms with Crippen molar-refractivity contribution in [3.8, 4) is 11.5 Å². The van der Waals surface area contributed by atoms with Gasteiger partial charge in [-0.05, 0) is 64.3 Å². The standard InChI is InChI=1S/C24H20BrF3N2O3/c1-2-32-21-12-17(11-20(25)22(21)33-15-16-7-4-3-5-8-16)14-29-30-23(31)18-9-6-10-19(13-18)24(26,27)28/h3-14H,2,15H2,1H3,(H,30,31)/b29-14-. The van der Waals surface area contributed by atoms with E-state index in [0.29, 0.717) is 34.7 Å². The van der Waals surface area contributed by atoms with Gasteiger partial charge >= 0.3 is 6.18 Å². The molecule has 1 N–H and O–H groups in total. The van der Waals surface area contributed by atoms with Crippen LogP contribution in [0.1, 0.15) is 34.0 Å². The molecule has 0 aliphatic carbocycles. The molecule has 0 spiro atoms. The molecule has 3 rings (SSSR count). The lowest BCUT2D eigenvalue weighted by molar-refractivity contribution is -0.137. The van der Waals surface area contributed by atoms with E-state index in [1.54, 1.807) is 12.1 Å². The molecule has 0 radical (unpaired) electrons. The highest BCUT2D eigenvalue weighted by Crippen LogP contribution is 2.37. The third-order valence-corrected chi connectivity index (χ3v) is 4.98. The van der Waals surface area contributed by atoms with E-state index in [1.165, 1.54) is 18.3 Å². The maximum absolute atomic E-state index is 12.8. The molecule has 3 aromatic rings. The van der Waals surface area contributed by atoms with Crippen molar-refractivity contribution in [2.75, 3.05) is 6.61 Å². The summed E-state index contributed by atoms with van der Waals surface area (Å²) in [5.41, 5.74) is 2.76. The van der Waals surface area contributed by atoms with E-state index in [0.717, 1.165) is 17.7 Å². The molecular formula is C24H20BrF3N2O3. The fourth-order valence-electron chi connectivity index (χ4n) is 2.86. The number of hydrazone groups is 1. The zero-order valence-electron chi connectivity index (χ0n) is 17.5. The average molecular weight is 521 g/mol. The number of alkyl halides is 3. The van der Waals surface area contributed by atoms with Crippen molar-refractivity contribution in [2.45, 2.75) is 19.7 Å². The number of hydrogen-bond donors (Lipinski definition) is 1. The van der Waals surface area contributed by atoms with Gasteiger partial charge in [-0.1, -0.05) is 36.4 Å². The summed E-state index contributed by atoms with van der Waals surface area (Å²) in [7, 11) is 0. The highest BCUT2D eigenvalue weighted by atomic mass is 79.9. The minimum absolute atomic E-state index is 0.150. The third-order valence-electron chi connectivity index (χ3n) is 4.39. The Morgan fingerprint density at radius 2 is 1.82 bits per heavy atom. The zero-order chi connectivity index (χ0) is 23.8. The molecule has 0 aliphatic heterocycles. The van der Waals surface area contributed by atoms with E-state index >= 15 is 0 Å². The molecule has 0 saturated carbocycles. The maximum atomic E-state index is 12.8. The van der Waals surface area contributed by atoms with Gasteiger partial charge in [0.1, 0.15) is 6.61 Å². The number of halogens is 4. The number of nitrogens with zero attached hydrogens (tertiary/aromatic N) is 1. The minimum Gasteiger partial charge on any atom is -0.490 e. The molecule has 0 aromatic heterocycles. The molecule has 0 atom stereocenters. The number of ether oxygens (including phenoxy) is 2. The SMILES string of the molecule is CCOc1cc(/C=N\NC(=O)c2cccc(C(F)(F)F)c2)cc(Br)c1OCc1ccccc1. The molecule has 33 heavy (non-hydrogen) atoms. The molecule has 5 nitrogen and oxygen atoms in total. The second kappa shape index (κ2) is 11.0. The predicted molar refractivity (Wildman–Crippen MR) is 123 cm³/mol. The lowest BCUT2D eigenvalue weighted by atomic mass is 10.1. The van der Waals surface area contributed by atoms with Crippen LogP contribution in [0.15, 0.2) is 76.3 Å². The molecule has 1 amide bonds. The second-order valence-corrected chi connectivity index (χ2v) is 7.67. The van der Waals surface area contributed by atoms with E-state index in [9.17, 15) is 18.0 Å². The number of nitrogens with one attached hydrogen (secondary N) is 1. The van der Waals surface area contributed by atoms with Gasteiger partial charge in [0.25, 0.3) is 5.91 Å². The Balaban J connectivity index is 1.72. The number of carbonyl (C=O) groups is 1. The normalized spacial score (nSPS) is 11.4. The number of carbonyl (C=O) groups excluding carboxylic acids is 1. The van der Waals surface area contributed by atoms with Crippen LogP contribution in [0.5, 0.6) is 11.5 Å². The monoisotopic (exact) mass is 520 g/mol. The van der Waals surface area contributed by atoms with Crippen LogP contribution in [0.25, 0.3) is 0 Å². The van der Waals surface area contributed by atoms with Gasteiger partial charge in [-0.25, -0.2) is 5.43 Å². The highest BCUT2D eigenvalue weighted by molar-refractivity contribution is 9.10. The van der Waals surface area contributed by atoms with E-state index in [-0.39, 0.29) is 5.56 Å². The third kappa shape index (κ3) is 6.82. The Bertz CT molecular complexity index is 1140. The molecule has 0 aliphatic rings. The first kappa shape index (κ1) is 24.3. The summed E-state index contributed by atoms with van der Waals surface area (Å²) in [5, 5.41) is 3.85. The maximum Gasteiger partial charge on any atom is 0.416 e. The predicted octanol–water partition coefficient (Wildman–Crippen LogP) is 6.21. The van der Waals surface area contributed by atoms with Crippen molar-refractivity contribution in [3.63, 3.8) is 0 Å². The molecule has 0 unspecified atom stereocenters. The fourth-order valence-corrected chi connectivity index (χ4v) is 3.44. The topological polar surface area (TPSA) is 59.9 Å². The molecule has 9 heteroatoms. The van der Waals surface area contributed by atoms with Crippen LogP contribution in [-0.4, -0.2) is 18.7 Å². The van der Waals surface area contributed by atoms with Gasteiger partial charge in [-0.2, -0.15) is 18.3 Å².